The third-order valence-corrected chi connectivity index (χ3v) is 4.72. The Morgan fingerprint density at radius 3 is 2.52 bits per heavy atom. The molecule has 0 bridgehead atoms. The van der Waals surface area contributed by atoms with Crippen LogP contribution in [0, 0.1) is 0 Å². The summed E-state index contributed by atoms with van der Waals surface area (Å²) in [5.41, 5.74) is 9.15. The Morgan fingerprint density at radius 1 is 1.00 bits per heavy atom. The van der Waals surface area contributed by atoms with Gasteiger partial charge in [0.1, 0.15) is 6.33 Å². The topological polar surface area (TPSA) is 176 Å². The Hall–Kier alpha value is -5.00. The van der Waals surface area contributed by atoms with Crippen LogP contribution in [0.15, 0.2) is 59.3 Å². The monoisotopic (exact) mass is 442 g/mol. The van der Waals surface area contributed by atoms with Crippen LogP contribution in [0.1, 0.15) is 6.92 Å². The van der Waals surface area contributed by atoms with Crippen LogP contribution in [-0.2, 0) is 4.79 Å². The van der Waals surface area contributed by atoms with Gasteiger partial charge in [-0.25, -0.2) is 9.66 Å². The molecule has 0 spiro atoms. The van der Waals surface area contributed by atoms with Gasteiger partial charge < -0.3 is 26.6 Å². The molecule has 0 aliphatic heterocycles. The summed E-state index contributed by atoms with van der Waals surface area (Å²) >= 11 is 0. The lowest BCUT2D eigenvalue weighted by molar-refractivity contribution is -0.114. The van der Waals surface area contributed by atoms with Crippen molar-refractivity contribution in [3.8, 4) is 22.9 Å². The first-order chi connectivity index (χ1) is 16.0. The number of carbonyl (C=O) groups is 1. The van der Waals surface area contributed by atoms with E-state index in [0.29, 0.717) is 39.9 Å². The van der Waals surface area contributed by atoms with Crippen molar-refractivity contribution in [3.63, 3.8) is 0 Å². The van der Waals surface area contributed by atoms with E-state index < -0.39 is 0 Å². The average molecular weight is 442 g/mol. The Bertz CT molecular complexity index is 1480. The van der Waals surface area contributed by atoms with Gasteiger partial charge in [0, 0.05) is 18.1 Å². The fraction of sp³-hybridized carbons (Fsp3) is 0.0476. The first-order valence-corrected chi connectivity index (χ1v) is 9.81. The van der Waals surface area contributed by atoms with Gasteiger partial charge in [0.2, 0.25) is 23.6 Å². The maximum absolute atomic E-state index is 11.7. The number of nitrogens with zero attached hydrogens (tertiary/aromatic N) is 6. The summed E-state index contributed by atoms with van der Waals surface area (Å²) in [7, 11) is 0. The molecule has 0 unspecified atom stereocenters. The summed E-state index contributed by atoms with van der Waals surface area (Å²) in [6, 6.07) is 14.6. The zero-order valence-corrected chi connectivity index (χ0v) is 17.4. The third kappa shape index (κ3) is 3.87. The van der Waals surface area contributed by atoms with Crippen molar-refractivity contribution in [3.05, 3.63) is 54.9 Å². The Labute approximate surface area is 186 Å². The van der Waals surface area contributed by atoms with Crippen LogP contribution in [0.4, 0.5) is 23.1 Å². The number of imidazole rings is 1. The number of benzene rings is 2. The highest BCUT2D eigenvalue weighted by Gasteiger charge is 2.16. The molecule has 5 aromatic rings. The number of nitrogen functional groups attached to an aromatic ring is 2. The molecule has 33 heavy (non-hydrogen) atoms. The van der Waals surface area contributed by atoms with Gasteiger partial charge in [0.15, 0.2) is 17.0 Å². The van der Waals surface area contributed by atoms with Crippen molar-refractivity contribution in [2.75, 3.05) is 22.2 Å². The van der Waals surface area contributed by atoms with Gasteiger partial charge in [-0.05, 0) is 30.3 Å². The van der Waals surface area contributed by atoms with Crippen LogP contribution >= 0.6 is 0 Å². The molecule has 0 atom stereocenters. The van der Waals surface area contributed by atoms with Crippen molar-refractivity contribution in [2.24, 2.45) is 0 Å². The molecule has 0 aliphatic carbocycles. The number of hydrogen-bond acceptors (Lipinski definition) is 10. The van der Waals surface area contributed by atoms with Gasteiger partial charge in [0.05, 0.1) is 11.4 Å². The molecule has 2 aromatic carbocycles. The predicted molar refractivity (Wildman–Crippen MR) is 123 cm³/mol. The summed E-state index contributed by atoms with van der Waals surface area (Å²) in [5, 5.41) is 14.1. The minimum absolute atomic E-state index is 0.160. The van der Waals surface area contributed by atoms with E-state index in [1.807, 2.05) is 30.3 Å². The molecule has 0 fully saturated rings. The minimum Gasteiger partial charge on any atom is -0.416 e. The van der Waals surface area contributed by atoms with Crippen LogP contribution in [0.5, 0.6) is 0 Å². The molecule has 3 aromatic heterocycles. The van der Waals surface area contributed by atoms with Crippen molar-refractivity contribution in [2.45, 2.75) is 6.92 Å². The zero-order valence-electron chi connectivity index (χ0n) is 17.4. The highest BCUT2D eigenvalue weighted by atomic mass is 16.4. The van der Waals surface area contributed by atoms with E-state index in [2.05, 4.69) is 35.8 Å². The van der Waals surface area contributed by atoms with E-state index in [-0.39, 0.29) is 17.7 Å². The van der Waals surface area contributed by atoms with Crippen LogP contribution in [0.2, 0.25) is 0 Å². The largest absolute Gasteiger partial charge is 0.416 e. The Morgan fingerprint density at radius 2 is 1.76 bits per heavy atom. The van der Waals surface area contributed by atoms with E-state index in [9.17, 15) is 4.79 Å². The van der Waals surface area contributed by atoms with Crippen LogP contribution in [0.3, 0.4) is 0 Å². The van der Waals surface area contributed by atoms with Gasteiger partial charge in [-0.2, -0.15) is 9.97 Å². The third-order valence-electron chi connectivity index (χ3n) is 4.72. The zero-order chi connectivity index (χ0) is 22.9. The summed E-state index contributed by atoms with van der Waals surface area (Å²) in [4.78, 5) is 24.4. The van der Waals surface area contributed by atoms with Crippen LogP contribution < -0.4 is 22.2 Å². The molecule has 3 heterocycles. The number of fused-ring (bicyclic) bond motifs is 1. The van der Waals surface area contributed by atoms with E-state index >= 15 is 0 Å². The Kier molecular flexibility index (Phi) is 4.79. The number of hydrogen-bond donors (Lipinski definition) is 4. The van der Waals surface area contributed by atoms with Crippen molar-refractivity contribution >= 4 is 40.2 Å². The number of nitrogens with one attached hydrogen (secondary N) is 2. The number of carbonyl (C=O) groups excluding carboxylic acids is 1. The fourth-order valence-electron chi connectivity index (χ4n) is 3.23. The van der Waals surface area contributed by atoms with Crippen LogP contribution in [0.25, 0.3) is 34.1 Å². The molecule has 1 amide bonds. The highest BCUT2D eigenvalue weighted by Crippen LogP contribution is 2.32. The minimum atomic E-state index is -0.245. The Balaban J connectivity index is 1.53. The second-order valence-corrected chi connectivity index (χ2v) is 7.10. The quantitative estimate of drug-likeness (QED) is 0.296. The second-order valence-electron chi connectivity index (χ2n) is 7.10. The standard InChI is InChI=1S/C21H18N10O2/c1-11(32)25-14-8-7-13(20-30-29-19(33-20)12-5-3-2-4-6-12)9-15(14)26-21-27-17(22)16-18(28-21)31(23)10-24-16/h2-10H,23H2,1H3,(H,25,32)(H3,22,26,27,28). The molecule has 12 nitrogen and oxygen atoms in total. The molecule has 164 valence electrons. The first kappa shape index (κ1) is 19.9. The molecular formula is C21H18N10O2. The number of rotatable bonds is 5. The molecular weight excluding hydrogens is 424 g/mol. The first-order valence-electron chi connectivity index (χ1n) is 9.81. The van der Waals surface area contributed by atoms with Crippen molar-refractivity contribution in [1.82, 2.24) is 29.8 Å². The number of anilines is 4. The molecule has 5 rings (SSSR count). The molecule has 0 saturated carbocycles. The number of aromatic nitrogens is 6. The van der Waals surface area contributed by atoms with Gasteiger partial charge in [-0.1, -0.05) is 18.2 Å². The average Bonchev–Trinajstić information content (AvgIpc) is 3.43. The van der Waals surface area contributed by atoms with E-state index in [1.54, 1.807) is 18.2 Å². The molecule has 0 radical (unpaired) electrons. The van der Waals surface area contributed by atoms with E-state index in [1.165, 1.54) is 17.9 Å². The molecule has 12 heteroatoms. The second kappa shape index (κ2) is 7.92. The van der Waals surface area contributed by atoms with Crippen LogP contribution in [-0.4, -0.2) is 35.7 Å². The van der Waals surface area contributed by atoms with Crippen molar-refractivity contribution in [1.29, 1.82) is 0 Å². The highest BCUT2D eigenvalue weighted by molar-refractivity contribution is 5.94. The summed E-state index contributed by atoms with van der Waals surface area (Å²) in [6.07, 6.45) is 1.39. The molecule has 0 saturated heterocycles. The van der Waals surface area contributed by atoms with Crippen molar-refractivity contribution < 1.29 is 9.21 Å². The van der Waals surface area contributed by atoms with Gasteiger partial charge >= 0.3 is 0 Å². The lowest BCUT2D eigenvalue weighted by atomic mass is 10.1. The van der Waals surface area contributed by atoms with Gasteiger partial charge in [-0.15, -0.1) is 10.2 Å². The maximum atomic E-state index is 11.7. The summed E-state index contributed by atoms with van der Waals surface area (Å²) < 4.78 is 7.09. The van der Waals surface area contributed by atoms with E-state index in [4.69, 9.17) is 16.0 Å². The predicted octanol–water partition coefficient (Wildman–Crippen LogP) is 2.54. The maximum Gasteiger partial charge on any atom is 0.248 e. The smallest absolute Gasteiger partial charge is 0.248 e. The number of nitrogens with two attached hydrogens (primary N) is 2. The molecule has 0 aliphatic rings. The lowest BCUT2D eigenvalue weighted by Gasteiger charge is -2.13. The fourth-order valence-corrected chi connectivity index (χ4v) is 3.23. The summed E-state index contributed by atoms with van der Waals surface area (Å²) in [6.45, 7) is 1.41. The lowest BCUT2D eigenvalue weighted by Crippen LogP contribution is -2.11. The molecule has 6 N–H and O–H groups in total. The number of amides is 1. The summed E-state index contributed by atoms with van der Waals surface area (Å²) in [5.74, 6) is 6.64. The van der Waals surface area contributed by atoms with E-state index in [0.717, 1.165) is 5.56 Å². The SMILES string of the molecule is CC(=O)Nc1ccc(-c2nnc(-c3ccccc3)o2)cc1Nc1nc(N)c2ncn(N)c2n1. The van der Waals surface area contributed by atoms with Gasteiger partial charge in [0.25, 0.3) is 0 Å². The van der Waals surface area contributed by atoms with Gasteiger partial charge in [-0.3, -0.25) is 4.79 Å². The normalized spacial score (nSPS) is 10.9.